The first kappa shape index (κ1) is 10.1. The molecule has 2 aromatic rings. The Morgan fingerprint density at radius 1 is 1.20 bits per heavy atom. The van der Waals surface area contributed by atoms with Gasteiger partial charge in [0, 0.05) is 17.3 Å². The van der Waals surface area contributed by atoms with E-state index in [9.17, 15) is 4.39 Å². The van der Waals surface area contributed by atoms with Gasteiger partial charge in [0.15, 0.2) is 0 Å². The molecule has 0 amide bonds. The van der Waals surface area contributed by atoms with Gasteiger partial charge in [0.25, 0.3) is 0 Å². The van der Waals surface area contributed by atoms with Crippen LogP contribution in [0.2, 0.25) is 5.15 Å². The lowest BCUT2D eigenvalue weighted by molar-refractivity contribution is 0.631. The summed E-state index contributed by atoms with van der Waals surface area (Å²) in [4.78, 5) is 3.96. The van der Waals surface area contributed by atoms with Gasteiger partial charge in [-0.25, -0.2) is 9.37 Å². The first-order valence-electron chi connectivity index (χ1n) is 4.56. The minimum absolute atomic E-state index is 0.282. The standard InChI is InChI=1S/C12H9ClFN/c1-8-6-7-15-12(13)11(8)9-4-2-3-5-10(9)14/h2-7H,1H3. The molecular formula is C12H9ClFN. The quantitative estimate of drug-likeness (QED) is 0.667. The van der Waals surface area contributed by atoms with Crippen LogP contribution in [0.25, 0.3) is 11.1 Å². The van der Waals surface area contributed by atoms with Gasteiger partial charge in [-0.3, -0.25) is 0 Å². The van der Waals surface area contributed by atoms with E-state index in [1.807, 2.05) is 13.0 Å². The Kier molecular flexibility index (Phi) is 2.69. The molecule has 0 saturated carbocycles. The molecule has 1 aromatic heterocycles. The van der Waals surface area contributed by atoms with Crippen LogP contribution in [-0.2, 0) is 0 Å². The van der Waals surface area contributed by atoms with Crippen molar-refractivity contribution in [3.8, 4) is 11.1 Å². The second-order valence-corrected chi connectivity index (χ2v) is 3.63. The van der Waals surface area contributed by atoms with Gasteiger partial charge < -0.3 is 0 Å². The second kappa shape index (κ2) is 3.99. The summed E-state index contributed by atoms with van der Waals surface area (Å²) >= 11 is 5.96. The number of halogens is 2. The predicted octanol–water partition coefficient (Wildman–Crippen LogP) is 3.85. The van der Waals surface area contributed by atoms with Crippen LogP contribution in [0.5, 0.6) is 0 Å². The highest BCUT2D eigenvalue weighted by Crippen LogP contribution is 2.30. The lowest BCUT2D eigenvalue weighted by Crippen LogP contribution is -1.90. The molecule has 1 aromatic carbocycles. The molecule has 0 saturated heterocycles. The van der Waals surface area contributed by atoms with E-state index in [-0.39, 0.29) is 5.82 Å². The van der Waals surface area contributed by atoms with Gasteiger partial charge in [0.05, 0.1) is 0 Å². The van der Waals surface area contributed by atoms with E-state index in [2.05, 4.69) is 4.98 Å². The fourth-order valence-corrected chi connectivity index (χ4v) is 1.82. The maximum Gasteiger partial charge on any atom is 0.137 e. The SMILES string of the molecule is Cc1ccnc(Cl)c1-c1ccccc1F. The van der Waals surface area contributed by atoms with Gasteiger partial charge in [0.2, 0.25) is 0 Å². The van der Waals surface area contributed by atoms with Crippen molar-refractivity contribution in [1.29, 1.82) is 0 Å². The van der Waals surface area contributed by atoms with Gasteiger partial charge in [-0.2, -0.15) is 0 Å². The van der Waals surface area contributed by atoms with Crippen molar-refractivity contribution in [3.63, 3.8) is 0 Å². The molecule has 0 radical (unpaired) electrons. The van der Waals surface area contributed by atoms with Crippen LogP contribution in [-0.4, -0.2) is 4.98 Å². The Morgan fingerprint density at radius 2 is 1.93 bits per heavy atom. The van der Waals surface area contributed by atoms with Crippen molar-refractivity contribution in [1.82, 2.24) is 4.98 Å². The molecule has 1 nitrogen and oxygen atoms in total. The van der Waals surface area contributed by atoms with Crippen molar-refractivity contribution in [2.45, 2.75) is 6.92 Å². The fourth-order valence-electron chi connectivity index (χ4n) is 1.51. The highest BCUT2D eigenvalue weighted by atomic mass is 35.5. The first-order valence-corrected chi connectivity index (χ1v) is 4.94. The molecule has 0 fully saturated rings. The third-order valence-electron chi connectivity index (χ3n) is 2.26. The molecule has 2 rings (SSSR count). The summed E-state index contributed by atoms with van der Waals surface area (Å²) in [6.45, 7) is 1.88. The Hall–Kier alpha value is -1.41. The second-order valence-electron chi connectivity index (χ2n) is 3.27. The molecule has 0 unspecified atom stereocenters. The van der Waals surface area contributed by atoms with E-state index >= 15 is 0 Å². The maximum absolute atomic E-state index is 13.5. The van der Waals surface area contributed by atoms with Gasteiger partial charge >= 0.3 is 0 Å². The van der Waals surface area contributed by atoms with Gasteiger partial charge in [-0.05, 0) is 24.6 Å². The van der Waals surface area contributed by atoms with Crippen LogP contribution in [0, 0.1) is 12.7 Å². The molecule has 3 heteroatoms. The van der Waals surface area contributed by atoms with Crippen LogP contribution >= 0.6 is 11.6 Å². The Bertz CT molecular complexity index is 476. The van der Waals surface area contributed by atoms with Crippen LogP contribution < -0.4 is 0 Å². The van der Waals surface area contributed by atoms with Gasteiger partial charge in [0.1, 0.15) is 11.0 Å². The van der Waals surface area contributed by atoms with E-state index in [1.54, 1.807) is 24.4 Å². The molecule has 76 valence electrons. The van der Waals surface area contributed by atoms with E-state index in [0.717, 1.165) is 5.56 Å². The van der Waals surface area contributed by atoms with Crippen molar-refractivity contribution in [2.75, 3.05) is 0 Å². The minimum Gasteiger partial charge on any atom is -0.244 e. The van der Waals surface area contributed by atoms with E-state index < -0.39 is 0 Å². The molecule has 15 heavy (non-hydrogen) atoms. The molecule has 0 aliphatic heterocycles. The first-order chi connectivity index (χ1) is 7.20. The monoisotopic (exact) mass is 221 g/mol. The van der Waals surface area contributed by atoms with Crippen molar-refractivity contribution in [2.24, 2.45) is 0 Å². The van der Waals surface area contributed by atoms with Crippen molar-refractivity contribution in [3.05, 3.63) is 53.1 Å². The van der Waals surface area contributed by atoms with E-state index in [0.29, 0.717) is 16.3 Å². The average molecular weight is 222 g/mol. The number of hydrogen-bond donors (Lipinski definition) is 0. The zero-order valence-corrected chi connectivity index (χ0v) is 8.92. The minimum atomic E-state index is -0.282. The van der Waals surface area contributed by atoms with Crippen LogP contribution in [0.4, 0.5) is 4.39 Å². The zero-order chi connectivity index (χ0) is 10.8. The van der Waals surface area contributed by atoms with Crippen molar-refractivity contribution < 1.29 is 4.39 Å². The number of hydrogen-bond acceptors (Lipinski definition) is 1. The number of benzene rings is 1. The predicted molar refractivity (Wildman–Crippen MR) is 59.4 cm³/mol. The largest absolute Gasteiger partial charge is 0.244 e. The van der Waals surface area contributed by atoms with Crippen molar-refractivity contribution >= 4 is 11.6 Å². The lowest BCUT2D eigenvalue weighted by atomic mass is 10.0. The fraction of sp³-hybridized carbons (Fsp3) is 0.0833. The van der Waals surface area contributed by atoms with Crippen LogP contribution in [0.1, 0.15) is 5.56 Å². The molecule has 0 N–H and O–H groups in total. The Labute approximate surface area is 92.5 Å². The normalized spacial score (nSPS) is 10.3. The third kappa shape index (κ3) is 1.85. The summed E-state index contributed by atoms with van der Waals surface area (Å²) in [5.74, 6) is -0.282. The smallest absolute Gasteiger partial charge is 0.137 e. The molecular weight excluding hydrogens is 213 g/mol. The number of aryl methyl sites for hydroxylation is 1. The van der Waals surface area contributed by atoms with Gasteiger partial charge in [-0.15, -0.1) is 0 Å². The van der Waals surface area contributed by atoms with Crippen LogP contribution in [0.15, 0.2) is 36.5 Å². The lowest BCUT2D eigenvalue weighted by Gasteiger charge is -2.08. The summed E-state index contributed by atoms with van der Waals surface area (Å²) in [7, 11) is 0. The topological polar surface area (TPSA) is 12.9 Å². The van der Waals surface area contributed by atoms with Crippen LogP contribution in [0.3, 0.4) is 0 Å². The summed E-state index contributed by atoms with van der Waals surface area (Å²) in [5, 5.41) is 0.333. The summed E-state index contributed by atoms with van der Waals surface area (Å²) < 4.78 is 13.5. The molecule has 0 atom stereocenters. The summed E-state index contributed by atoms with van der Waals surface area (Å²) in [6, 6.07) is 8.36. The highest BCUT2D eigenvalue weighted by molar-refractivity contribution is 6.32. The number of aromatic nitrogens is 1. The Balaban J connectivity index is 2.69. The van der Waals surface area contributed by atoms with Gasteiger partial charge in [-0.1, -0.05) is 29.8 Å². The third-order valence-corrected chi connectivity index (χ3v) is 2.54. The van der Waals surface area contributed by atoms with E-state index in [1.165, 1.54) is 6.07 Å². The number of rotatable bonds is 1. The summed E-state index contributed by atoms with van der Waals surface area (Å²) in [6.07, 6.45) is 1.61. The molecule has 1 heterocycles. The number of nitrogens with zero attached hydrogens (tertiary/aromatic N) is 1. The van der Waals surface area contributed by atoms with E-state index in [4.69, 9.17) is 11.6 Å². The average Bonchev–Trinajstić information content (AvgIpc) is 2.20. The molecule has 0 aliphatic rings. The zero-order valence-electron chi connectivity index (χ0n) is 8.17. The molecule has 0 aliphatic carbocycles. The Morgan fingerprint density at radius 3 is 2.60 bits per heavy atom. The number of pyridine rings is 1. The maximum atomic E-state index is 13.5. The summed E-state index contributed by atoms with van der Waals surface area (Å²) in [5.41, 5.74) is 2.07. The molecule has 0 spiro atoms. The highest BCUT2D eigenvalue weighted by Gasteiger charge is 2.11. The molecule has 0 bridgehead atoms.